The number of aryl methyl sites for hydroxylation is 1. The predicted molar refractivity (Wildman–Crippen MR) is 61.3 cm³/mol. The van der Waals surface area contributed by atoms with Crippen molar-refractivity contribution in [3.63, 3.8) is 0 Å². The van der Waals surface area contributed by atoms with E-state index in [1.54, 1.807) is 0 Å². The smallest absolute Gasteiger partial charge is 0.188 e. The number of rotatable bonds is 6. The van der Waals surface area contributed by atoms with Gasteiger partial charge in [0.1, 0.15) is 6.61 Å². The Balaban J connectivity index is 2.59. The van der Waals surface area contributed by atoms with Gasteiger partial charge in [-0.15, -0.1) is 0 Å². The van der Waals surface area contributed by atoms with E-state index in [1.807, 2.05) is 24.3 Å². The number of ether oxygens (including phenoxy) is 1. The molecule has 0 aliphatic carbocycles. The molecule has 0 amide bonds. The summed E-state index contributed by atoms with van der Waals surface area (Å²) in [6.07, 6.45) is 3.49. The highest BCUT2D eigenvalue weighted by Gasteiger charge is 2.04. The number of Topliss-reactive ketones (excluding diaryl/α,β-unsaturated/α-hetero) is 1. The third-order valence-electron chi connectivity index (χ3n) is 2.37. The molecule has 0 N–H and O–H groups in total. The van der Waals surface area contributed by atoms with Crippen molar-refractivity contribution in [1.29, 1.82) is 0 Å². The maximum atomic E-state index is 11.4. The summed E-state index contributed by atoms with van der Waals surface area (Å²) in [5.74, 6) is 0.0412. The van der Waals surface area contributed by atoms with Crippen LogP contribution in [-0.2, 0) is 11.2 Å². The highest BCUT2D eigenvalue weighted by molar-refractivity contribution is 5.97. The Labute approximate surface area is 91.3 Å². The van der Waals surface area contributed by atoms with E-state index < -0.39 is 0 Å². The number of benzene rings is 1. The fraction of sp³-hybridized carbons (Fsp3) is 0.462. The van der Waals surface area contributed by atoms with Crippen LogP contribution in [0, 0.1) is 0 Å². The molecule has 0 fully saturated rings. The Morgan fingerprint density at radius 2 is 1.93 bits per heavy atom. The summed E-state index contributed by atoms with van der Waals surface area (Å²) in [4.78, 5) is 11.4. The Morgan fingerprint density at radius 3 is 2.47 bits per heavy atom. The van der Waals surface area contributed by atoms with E-state index in [0.717, 1.165) is 12.0 Å². The van der Waals surface area contributed by atoms with Crippen LogP contribution in [0.5, 0.6) is 0 Å². The minimum absolute atomic E-state index is 0.0412. The summed E-state index contributed by atoms with van der Waals surface area (Å²) >= 11 is 0. The van der Waals surface area contributed by atoms with Crippen LogP contribution in [0.2, 0.25) is 0 Å². The summed E-state index contributed by atoms with van der Waals surface area (Å²) < 4.78 is 4.80. The van der Waals surface area contributed by atoms with Gasteiger partial charge in [-0.1, -0.05) is 37.6 Å². The van der Waals surface area contributed by atoms with Crippen LogP contribution in [0.1, 0.15) is 35.7 Å². The molecule has 15 heavy (non-hydrogen) atoms. The van der Waals surface area contributed by atoms with Crippen molar-refractivity contribution in [2.75, 3.05) is 13.7 Å². The van der Waals surface area contributed by atoms with Gasteiger partial charge in [-0.3, -0.25) is 4.79 Å². The lowest BCUT2D eigenvalue weighted by atomic mass is 10.0. The second kappa shape index (κ2) is 6.36. The second-order valence-electron chi connectivity index (χ2n) is 3.66. The van der Waals surface area contributed by atoms with Crippen molar-refractivity contribution in [2.24, 2.45) is 0 Å². The maximum absolute atomic E-state index is 11.4. The van der Waals surface area contributed by atoms with Crippen molar-refractivity contribution >= 4 is 5.78 Å². The molecule has 1 rings (SSSR count). The fourth-order valence-electron chi connectivity index (χ4n) is 1.45. The van der Waals surface area contributed by atoms with Gasteiger partial charge in [0.2, 0.25) is 0 Å². The van der Waals surface area contributed by atoms with Crippen LogP contribution in [0.25, 0.3) is 0 Å². The monoisotopic (exact) mass is 206 g/mol. The Hall–Kier alpha value is -1.15. The summed E-state index contributed by atoms with van der Waals surface area (Å²) in [7, 11) is 1.54. The average Bonchev–Trinajstić information content (AvgIpc) is 2.27. The lowest BCUT2D eigenvalue weighted by Gasteiger charge is -2.02. The van der Waals surface area contributed by atoms with Crippen LogP contribution in [0.15, 0.2) is 24.3 Å². The van der Waals surface area contributed by atoms with Gasteiger partial charge in [0.05, 0.1) is 0 Å². The van der Waals surface area contributed by atoms with E-state index in [-0.39, 0.29) is 12.4 Å². The lowest BCUT2D eigenvalue weighted by Crippen LogP contribution is -2.06. The molecule has 1 aromatic carbocycles. The zero-order chi connectivity index (χ0) is 11.1. The largest absolute Gasteiger partial charge is 0.377 e. The van der Waals surface area contributed by atoms with Gasteiger partial charge in [-0.05, 0) is 18.4 Å². The summed E-state index contributed by atoms with van der Waals surface area (Å²) in [6, 6.07) is 7.82. The van der Waals surface area contributed by atoms with Crippen molar-refractivity contribution in [1.82, 2.24) is 0 Å². The molecule has 0 aromatic heterocycles. The minimum Gasteiger partial charge on any atom is -0.377 e. The van der Waals surface area contributed by atoms with Crippen molar-refractivity contribution in [3.05, 3.63) is 35.4 Å². The quantitative estimate of drug-likeness (QED) is 0.669. The fourth-order valence-corrected chi connectivity index (χ4v) is 1.45. The molecule has 0 bridgehead atoms. The molecule has 2 nitrogen and oxygen atoms in total. The van der Waals surface area contributed by atoms with Crippen LogP contribution in [0.4, 0.5) is 0 Å². The SMILES string of the molecule is CCCCc1ccc(C(=O)COC)cc1. The number of carbonyl (C=O) groups excluding carboxylic acids is 1. The summed E-state index contributed by atoms with van der Waals surface area (Å²) in [5.41, 5.74) is 2.03. The van der Waals surface area contributed by atoms with Gasteiger partial charge in [0.25, 0.3) is 0 Å². The van der Waals surface area contributed by atoms with Gasteiger partial charge in [0.15, 0.2) is 5.78 Å². The van der Waals surface area contributed by atoms with E-state index in [4.69, 9.17) is 4.74 Å². The van der Waals surface area contributed by atoms with E-state index in [0.29, 0.717) is 0 Å². The topological polar surface area (TPSA) is 26.3 Å². The van der Waals surface area contributed by atoms with E-state index in [2.05, 4.69) is 6.92 Å². The van der Waals surface area contributed by atoms with Gasteiger partial charge < -0.3 is 4.74 Å². The summed E-state index contributed by atoms with van der Waals surface area (Å²) in [5, 5.41) is 0. The first-order valence-corrected chi connectivity index (χ1v) is 5.39. The molecule has 0 heterocycles. The molecule has 0 unspecified atom stereocenters. The van der Waals surface area contributed by atoms with Crippen molar-refractivity contribution in [3.8, 4) is 0 Å². The van der Waals surface area contributed by atoms with Crippen LogP contribution >= 0.6 is 0 Å². The molecule has 82 valence electrons. The van der Waals surface area contributed by atoms with Gasteiger partial charge >= 0.3 is 0 Å². The first kappa shape index (κ1) is 11.9. The molecule has 2 heteroatoms. The number of hydrogen-bond acceptors (Lipinski definition) is 2. The first-order valence-electron chi connectivity index (χ1n) is 5.39. The summed E-state index contributed by atoms with van der Waals surface area (Å²) in [6.45, 7) is 2.34. The molecule has 0 saturated heterocycles. The third kappa shape index (κ3) is 3.84. The Morgan fingerprint density at radius 1 is 1.27 bits per heavy atom. The first-order chi connectivity index (χ1) is 7.27. The maximum Gasteiger partial charge on any atom is 0.188 e. The molecule has 0 atom stereocenters. The zero-order valence-electron chi connectivity index (χ0n) is 9.45. The molecular weight excluding hydrogens is 188 g/mol. The predicted octanol–water partition coefficient (Wildman–Crippen LogP) is 2.86. The Kier molecular flexibility index (Phi) is 5.05. The Bertz CT molecular complexity index is 301. The number of hydrogen-bond donors (Lipinski definition) is 0. The third-order valence-corrected chi connectivity index (χ3v) is 2.37. The molecule has 0 aliphatic rings. The zero-order valence-corrected chi connectivity index (χ0v) is 9.45. The molecule has 0 saturated carbocycles. The normalized spacial score (nSPS) is 10.3. The van der Waals surface area contributed by atoms with E-state index in [1.165, 1.54) is 25.5 Å². The number of methoxy groups -OCH3 is 1. The van der Waals surface area contributed by atoms with Gasteiger partial charge in [0, 0.05) is 12.7 Å². The molecule has 0 radical (unpaired) electrons. The standard InChI is InChI=1S/C13H18O2/c1-3-4-5-11-6-8-12(9-7-11)13(14)10-15-2/h6-9H,3-5,10H2,1-2H3. The van der Waals surface area contributed by atoms with E-state index >= 15 is 0 Å². The number of carbonyl (C=O) groups is 1. The van der Waals surface area contributed by atoms with Gasteiger partial charge in [-0.2, -0.15) is 0 Å². The molecule has 0 spiro atoms. The van der Waals surface area contributed by atoms with Crippen molar-refractivity contribution < 1.29 is 9.53 Å². The molecule has 1 aromatic rings. The van der Waals surface area contributed by atoms with E-state index in [9.17, 15) is 4.79 Å². The number of ketones is 1. The van der Waals surface area contributed by atoms with Gasteiger partial charge in [-0.25, -0.2) is 0 Å². The second-order valence-corrected chi connectivity index (χ2v) is 3.66. The van der Waals surface area contributed by atoms with Crippen LogP contribution in [-0.4, -0.2) is 19.5 Å². The average molecular weight is 206 g/mol. The van der Waals surface area contributed by atoms with Crippen LogP contribution < -0.4 is 0 Å². The minimum atomic E-state index is 0.0412. The molecular formula is C13H18O2. The highest BCUT2D eigenvalue weighted by Crippen LogP contribution is 2.08. The van der Waals surface area contributed by atoms with Crippen LogP contribution in [0.3, 0.4) is 0 Å². The number of unbranched alkanes of at least 4 members (excludes halogenated alkanes) is 1. The molecule has 0 aliphatic heterocycles. The lowest BCUT2D eigenvalue weighted by molar-refractivity contribution is 0.0848. The highest BCUT2D eigenvalue weighted by atomic mass is 16.5. The van der Waals surface area contributed by atoms with Crippen molar-refractivity contribution in [2.45, 2.75) is 26.2 Å².